The Morgan fingerprint density at radius 3 is 2.69 bits per heavy atom. The van der Waals surface area contributed by atoms with Crippen molar-refractivity contribution in [1.29, 1.82) is 0 Å². The van der Waals surface area contributed by atoms with Gasteiger partial charge in [0, 0.05) is 18.6 Å². The first-order valence-corrected chi connectivity index (χ1v) is 5.35. The molecule has 0 saturated heterocycles. The molecule has 4 heteroatoms. The quantitative estimate of drug-likeness (QED) is 0.745. The van der Waals surface area contributed by atoms with E-state index in [9.17, 15) is 4.79 Å². The molecule has 0 aromatic heterocycles. The monoisotopic (exact) mass is 242 g/mol. The van der Waals surface area contributed by atoms with Gasteiger partial charge in [0.15, 0.2) is 5.78 Å². The molecule has 0 bridgehead atoms. The summed E-state index contributed by atoms with van der Waals surface area (Å²) < 4.78 is 10.2. The molecular formula is C12H15ClO3. The van der Waals surface area contributed by atoms with Gasteiger partial charge in [0.2, 0.25) is 0 Å². The molecule has 0 aliphatic carbocycles. The zero-order valence-electron chi connectivity index (χ0n) is 9.62. The van der Waals surface area contributed by atoms with Crippen LogP contribution in [0.25, 0.3) is 0 Å². The van der Waals surface area contributed by atoms with Crippen molar-refractivity contribution in [2.45, 2.75) is 19.4 Å². The smallest absolute Gasteiger partial charge is 0.169 e. The van der Waals surface area contributed by atoms with Crippen molar-refractivity contribution in [3.05, 3.63) is 28.8 Å². The van der Waals surface area contributed by atoms with Gasteiger partial charge in [-0.15, -0.1) is 0 Å². The lowest BCUT2D eigenvalue weighted by molar-refractivity contribution is 0.0789. The Labute approximate surface area is 100 Å². The number of ether oxygens (including phenoxy) is 2. The molecule has 0 aliphatic heterocycles. The summed E-state index contributed by atoms with van der Waals surface area (Å²) in [4.78, 5) is 11.9. The molecular weight excluding hydrogens is 228 g/mol. The molecule has 0 heterocycles. The molecule has 0 aliphatic rings. The maximum Gasteiger partial charge on any atom is 0.169 e. The second-order valence-electron chi connectivity index (χ2n) is 3.52. The number of ketones is 1. The summed E-state index contributed by atoms with van der Waals surface area (Å²) in [5, 5.41) is 0.522. The molecule has 1 rings (SSSR count). The Kier molecular flexibility index (Phi) is 4.77. The Morgan fingerprint density at radius 1 is 1.44 bits per heavy atom. The van der Waals surface area contributed by atoms with E-state index in [0.29, 0.717) is 22.8 Å². The third-order valence-corrected chi connectivity index (χ3v) is 2.57. The fraction of sp³-hybridized carbons (Fsp3) is 0.417. The second kappa shape index (κ2) is 5.87. The predicted molar refractivity (Wildman–Crippen MR) is 63.4 cm³/mol. The van der Waals surface area contributed by atoms with Crippen molar-refractivity contribution in [1.82, 2.24) is 0 Å². The molecule has 0 N–H and O–H groups in total. The zero-order valence-corrected chi connectivity index (χ0v) is 10.4. The van der Waals surface area contributed by atoms with Gasteiger partial charge in [0.25, 0.3) is 0 Å². The summed E-state index contributed by atoms with van der Waals surface area (Å²) in [6.07, 6.45) is 0.198. The summed E-state index contributed by atoms with van der Waals surface area (Å²) >= 11 is 5.85. The molecule has 0 spiro atoms. The minimum atomic E-state index is -0.115. The number of hydrogen-bond donors (Lipinski definition) is 0. The highest BCUT2D eigenvalue weighted by atomic mass is 35.5. The van der Waals surface area contributed by atoms with Gasteiger partial charge >= 0.3 is 0 Å². The highest BCUT2D eigenvalue weighted by Crippen LogP contribution is 2.24. The Balaban J connectivity index is 2.93. The highest BCUT2D eigenvalue weighted by molar-refractivity contribution is 6.31. The van der Waals surface area contributed by atoms with E-state index in [-0.39, 0.29) is 11.9 Å². The fourth-order valence-corrected chi connectivity index (χ4v) is 1.52. The van der Waals surface area contributed by atoms with Crippen molar-refractivity contribution in [2.75, 3.05) is 14.2 Å². The van der Waals surface area contributed by atoms with E-state index in [1.165, 1.54) is 7.11 Å². The fourth-order valence-electron chi connectivity index (χ4n) is 1.35. The highest BCUT2D eigenvalue weighted by Gasteiger charge is 2.15. The largest absolute Gasteiger partial charge is 0.496 e. The first-order valence-electron chi connectivity index (χ1n) is 4.98. The van der Waals surface area contributed by atoms with Crippen LogP contribution in [-0.4, -0.2) is 26.1 Å². The Bertz CT molecular complexity index is 377. The molecule has 3 nitrogen and oxygen atoms in total. The number of carbonyl (C=O) groups excluding carboxylic acids is 1. The predicted octanol–water partition coefficient (Wildman–Crippen LogP) is 2.96. The average Bonchev–Trinajstić information content (AvgIpc) is 2.28. The van der Waals surface area contributed by atoms with E-state index in [0.717, 1.165) is 0 Å². The van der Waals surface area contributed by atoms with Crippen LogP contribution in [0.3, 0.4) is 0 Å². The van der Waals surface area contributed by atoms with Crippen LogP contribution in [0.15, 0.2) is 18.2 Å². The molecule has 0 fully saturated rings. The molecule has 88 valence electrons. The number of rotatable bonds is 5. The van der Waals surface area contributed by atoms with Crippen LogP contribution < -0.4 is 4.74 Å². The van der Waals surface area contributed by atoms with Crippen LogP contribution >= 0.6 is 11.6 Å². The standard InChI is InChI=1S/C12H15ClO3/c1-8(15-2)6-11(14)10-7-9(13)4-5-12(10)16-3/h4-5,7-8H,6H2,1-3H3. The number of benzene rings is 1. The van der Waals surface area contributed by atoms with Crippen molar-refractivity contribution >= 4 is 17.4 Å². The summed E-state index contributed by atoms with van der Waals surface area (Å²) in [6, 6.07) is 5.00. The van der Waals surface area contributed by atoms with Crippen LogP contribution in [-0.2, 0) is 4.74 Å². The third-order valence-electron chi connectivity index (χ3n) is 2.34. The molecule has 1 atom stereocenters. The van der Waals surface area contributed by atoms with Crippen LogP contribution in [0.2, 0.25) is 5.02 Å². The number of carbonyl (C=O) groups is 1. The minimum Gasteiger partial charge on any atom is -0.496 e. The van der Waals surface area contributed by atoms with E-state index < -0.39 is 0 Å². The van der Waals surface area contributed by atoms with Crippen molar-refractivity contribution < 1.29 is 14.3 Å². The maximum atomic E-state index is 11.9. The van der Waals surface area contributed by atoms with Crippen LogP contribution in [0.1, 0.15) is 23.7 Å². The molecule has 1 aromatic rings. The van der Waals surface area contributed by atoms with Crippen LogP contribution in [0.4, 0.5) is 0 Å². The van der Waals surface area contributed by atoms with E-state index >= 15 is 0 Å². The van der Waals surface area contributed by atoms with E-state index in [2.05, 4.69) is 0 Å². The van der Waals surface area contributed by atoms with Crippen molar-refractivity contribution in [3.8, 4) is 5.75 Å². The number of hydrogen-bond acceptors (Lipinski definition) is 3. The first kappa shape index (κ1) is 13.0. The topological polar surface area (TPSA) is 35.5 Å². The molecule has 1 aromatic carbocycles. The van der Waals surface area contributed by atoms with Crippen molar-refractivity contribution in [3.63, 3.8) is 0 Å². The van der Waals surface area contributed by atoms with E-state index in [4.69, 9.17) is 21.1 Å². The lowest BCUT2D eigenvalue weighted by atomic mass is 10.0. The zero-order chi connectivity index (χ0) is 12.1. The summed E-state index contributed by atoms with van der Waals surface area (Å²) in [7, 11) is 3.10. The lowest BCUT2D eigenvalue weighted by Gasteiger charge is -2.11. The van der Waals surface area contributed by atoms with E-state index in [1.54, 1.807) is 25.3 Å². The summed E-state index contributed by atoms with van der Waals surface area (Å²) in [5.41, 5.74) is 0.499. The first-order chi connectivity index (χ1) is 7.58. The van der Waals surface area contributed by atoms with Gasteiger partial charge in [-0.2, -0.15) is 0 Å². The van der Waals surface area contributed by atoms with Gasteiger partial charge in [-0.3, -0.25) is 4.79 Å². The Morgan fingerprint density at radius 2 is 2.12 bits per heavy atom. The molecule has 16 heavy (non-hydrogen) atoms. The van der Waals surface area contributed by atoms with E-state index in [1.807, 2.05) is 6.92 Å². The molecule has 0 radical (unpaired) electrons. The number of methoxy groups -OCH3 is 2. The van der Waals surface area contributed by atoms with Crippen LogP contribution in [0, 0.1) is 0 Å². The van der Waals surface area contributed by atoms with Crippen LogP contribution in [0.5, 0.6) is 5.75 Å². The van der Waals surface area contributed by atoms with Gasteiger partial charge in [0.1, 0.15) is 5.75 Å². The number of halogens is 1. The maximum absolute atomic E-state index is 11.9. The second-order valence-corrected chi connectivity index (χ2v) is 3.95. The van der Waals surface area contributed by atoms with Crippen molar-refractivity contribution in [2.24, 2.45) is 0 Å². The molecule has 0 saturated carbocycles. The minimum absolute atomic E-state index is 0.0336. The third kappa shape index (κ3) is 3.22. The normalized spacial score (nSPS) is 12.2. The summed E-state index contributed by atoms with van der Waals surface area (Å²) in [5.74, 6) is 0.506. The van der Waals surface area contributed by atoms with Gasteiger partial charge in [-0.25, -0.2) is 0 Å². The molecule has 1 unspecified atom stereocenters. The molecule has 0 amide bonds. The SMILES string of the molecule is COc1ccc(Cl)cc1C(=O)CC(C)OC. The van der Waals surface area contributed by atoms with Gasteiger partial charge in [0.05, 0.1) is 18.8 Å². The lowest BCUT2D eigenvalue weighted by Crippen LogP contribution is -2.13. The number of Topliss-reactive ketones (excluding diaryl/α,β-unsaturated/α-hetero) is 1. The van der Waals surface area contributed by atoms with Gasteiger partial charge < -0.3 is 9.47 Å². The summed E-state index contributed by atoms with van der Waals surface area (Å²) in [6.45, 7) is 1.84. The Hall–Kier alpha value is -1.06. The van der Waals surface area contributed by atoms with Gasteiger partial charge in [-0.1, -0.05) is 11.6 Å². The average molecular weight is 243 g/mol. The van der Waals surface area contributed by atoms with Gasteiger partial charge in [-0.05, 0) is 25.1 Å².